The number of benzene rings is 1. The van der Waals surface area contributed by atoms with Crippen LogP contribution in [0.5, 0.6) is 0 Å². The van der Waals surface area contributed by atoms with E-state index in [1.54, 1.807) is 0 Å². The van der Waals surface area contributed by atoms with Gasteiger partial charge in [0.05, 0.1) is 6.42 Å². The van der Waals surface area contributed by atoms with Crippen LogP contribution in [0.25, 0.3) is 0 Å². The molecule has 0 N–H and O–H groups in total. The Balaban J connectivity index is 2.07. The Labute approximate surface area is 76.9 Å². The number of carbonyl (C=O) groups excluding carboxylic acids is 1. The van der Waals surface area contributed by atoms with E-state index in [1.807, 2.05) is 35.2 Å². The molecule has 0 saturated carbocycles. The minimum Gasteiger partial charge on any atom is -0.444 e. The van der Waals surface area contributed by atoms with Crippen LogP contribution in [-0.4, -0.2) is 19.2 Å². The summed E-state index contributed by atoms with van der Waals surface area (Å²) in [6.07, 6.45) is 0.481. The van der Waals surface area contributed by atoms with Crippen molar-refractivity contribution in [2.24, 2.45) is 0 Å². The van der Waals surface area contributed by atoms with Gasteiger partial charge in [0.2, 0.25) is 0 Å². The molecule has 2 rings (SSSR count). The average molecular weight is 177 g/mol. The molecule has 0 aliphatic carbocycles. The maximum Gasteiger partial charge on any atom is 0.309 e. The maximum absolute atomic E-state index is 10.8. The maximum atomic E-state index is 10.8. The Bertz CT molecular complexity index is 287. The Kier molecular flexibility index (Phi) is 2.17. The van der Waals surface area contributed by atoms with E-state index in [1.165, 1.54) is 0 Å². The first-order valence-corrected chi connectivity index (χ1v) is 4.32. The van der Waals surface area contributed by atoms with Gasteiger partial charge in [-0.05, 0) is 12.1 Å². The predicted octanol–water partition coefficient (Wildman–Crippen LogP) is 1.40. The molecular formula is C10H11NO2. The van der Waals surface area contributed by atoms with Crippen LogP contribution in [-0.2, 0) is 9.53 Å². The lowest BCUT2D eigenvalue weighted by atomic mass is 10.2. The molecule has 0 unspecified atom stereocenters. The smallest absolute Gasteiger partial charge is 0.309 e. The predicted molar refractivity (Wildman–Crippen MR) is 49.4 cm³/mol. The third kappa shape index (κ3) is 1.80. The van der Waals surface area contributed by atoms with Crippen LogP contribution >= 0.6 is 0 Å². The summed E-state index contributed by atoms with van der Waals surface area (Å²) in [7, 11) is 0. The van der Waals surface area contributed by atoms with Crippen LogP contribution in [0.4, 0.5) is 5.69 Å². The summed E-state index contributed by atoms with van der Waals surface area (Å²) in [5.74, 6) is -0.104. The van der Waals surface area contributed by atoms with E-state index in [4.69, 9.17) is 4.74 Å². The highest BCUT2D eigenvalue weighted by molar-refractivity contribution is 5.71. The molecule has 1 fully saturated rings. The number of cyclic esters (lactones) is 1. The Morgan fingerprint density at radius 1 is 1.23 bits per heavy atom. The molecule has 0 radical (unpaired) electrons. The zero-order chi connectivity index (χ0) is 9.10. The van der Waals surface area contributed by atoms with Gasteiger partial charge in [0.1, 0.15) is 0 Å². The number of para-hydroxylation sites is 1. The molecule has 1 heterocycles. The zero-order valence-electron chi connectivity index (χ0n) is 7.27. The van der Waals surface area contributed by atoms with E-state index in [0.717, 1.165) is 12.2 Å². The first-order valence-electron chi connectivity index (χ1n) is 4.32. The average Bonchev–Trinajstić information content (AvgIpc) is 2.20. The molecule has 1 aliphatic rings. The summed E-state index contributed by atoms with van der Waals surface area (Å²) in [6.45, 7) is 1.13. The van der Waals surface area contributed by atoms with Crippen molar-refractivity contribution in [3.63, 3.8) is 0 Å². The van der Waals surface area contributed by atoms with Crippen LogP contribution in [0.3, 0.4) is 0 Å². The largest absolute Gasteiger partial charge is 0.444 e. The fourth-order valence-corrected chi connectivity index (χ4v) is 1.36. The van der Waals surface area contributed by atoms with Crippen molar-refractivity contribution in [3.05, 3.63) is 30.3 Å². The van der Waals surface area contributed by atoms with Gasteiger partial charge in [-0.1, -0.05) is 18.2 Å². The fraction of sp³-hybridized carbons (Fsp3) is 0.300. The second-order valence-corrected chi connectivity index (χ2v) is 2.99. The molecule has 1 saturated heterocycles. The van der Waals surface area contributed by atoms with E-state index in [9.17, 15) is 4.79 Å². The summed E-state index contributed by atoms with van der Waals surface area (Å²) < 4.78 is 4.93. The molecule has 13 heavy (non-hydrogen) atoms. The third-order valence-electron chi connectivity index (χ3n) is 2.09. The highest BCUT2D eigenvalue weighted by Crippen LogP contribution is 2.15. The first kappa shape index (κ1) is 8.10. The number of rotatable bonds is 1. The van der Waals surface area contributed by atoms with Crippen LogP contribution in [0.2, 0.25) is 0 Å². The molecule has 0 aromatic heterocycles. The van der Waals surface area contributed by atoms with Crippen molar-refractivity contribution in [1.29, 1.82) is 0 Å². The minimum absolute atomic E-state index is 0.104. The lowest BCUT2D eigenvalue weighted by molar-refractivity contribution is -0.145. The topological polar surface area (TPSA) is 29.5 Å². The molecule has 1 aliphatic heterocycles. The SMILES string of the molecule is O=C1CCN(c2ccccc2)CO1. The summed E-state index contributed by atoms with van der Waals surface area (Å²) in [4.78, 5) is 12.8. The molecule has 1 aromatic rings. The van der Waals surface area contributed by atoms with Crippen LogP contribution in [0.1, 0.15) is 6.42 Å². The number of carbonyl (C=O) groups is 1. The lowest BCUT2D eigenvalue weighted by Gasteiger charge is -2.27. The molecule has 1 aromatic carbocycles. The van der Waals surface area contributed by atoms with Crippen LogP contribution in [0, 0.1) is 0 Å². The Hall–Kier alpha value is -1.51. The fourth-order valence-electron chi connectivity index (χ4n) is 1.36. The number of ether oxygens (including phenoxy) is 1. The van der Waals surface area contributed by atoms with E-state index >= 15 is 0 Å². The van der Waals surface area contributed by atoms with Crippen molar-refractivity contribution >= 4 is 11.7 Å². The van der Waals surface area contributed by atoms with Crippen LogP contribution in [0.15, 0.2) is 30.3 Å². The lowest BCUT2D eigenvalue weighted by Crippen LogP contribution is -2.35. The van der Waals surface area contributed by atoms with E-state index in [0.29, 0.717) is 13.2 Å². The second kappa shape index (κ2) is 3.47. The number of hydrogen-bond acceptors (Lipinski definition) is 3. The van der Waals surface area contributed by atoms with Crippen molar-refractivity contribution in [3.8, 4) is 0 Å². The van der Waals surface area contributed by atoms with Gasteiger partial charge in [-0.25, -0.2) is 0 Å². The van der Waals surface area contributed by atoms with Gasteiger partial charge in [0.15, 0.2) is 6.73 Å². The molecule has 3 nitrogen and oxygen atoms in total. The number of anilines is 1. The summed E-state index contributed by atoms with van der Waals surface area (Å²) in [5, 5.41) is 0. The van der Waals surface area contributed by atoms with Gasteiger partial charge in [-0.3, -0.25) is 4.79 Å². The molecular weight excluding hydrogens is 166 g/mol. The molecule has 0 amide bonds. The van der Waals surface area contributed by atoms with Crippen molar-refractivity contribution in [2.75, 3.05) is 18.2 Å². The zero-order valence-corrected chi connectivity index (χ0v) is 7.27. The molecule has 68 valence electrons. The van der Waals surface area contributed by atoms with Gasteiger partial charge in [0.25, 0.3) is 0 Å². The molecule has 0 atom stereocenters. The van der Waals surface area contributed by atoms with E-state index in [-0.39, 0.29) is 5.97 Å². The van der Waals surface area contributed by atoms with Gasteiger partial charge >= 0.3 is 5.97 Å². The monoisotopic (exact) mass is 177 g/mol. The van der Waals surface area contributed by atoms with Crippen molar-refractivity contribution < 1.29 is 9.53 Å². The van der Waals surface area contributed by atoms with Crippen LogP contribution < -0.4 is 4.90 Å². The van der Waals surface area contributed by atoms with Crippen molar-refractivity contribution in [2.45, 2.75) is 6.42 Å². The number of nitrogens with zero attached hydrogens (tertiary/aromatic N) is 1. The number of esters is 1. The quantitative estimate of drug-likeness (QED) is 0.607. The highest BCUT2D eigenvalue weighted by Gasteiger charge is 2.16. The third-order valence-corrected chi connectivity index (χ3v) is 2.09. The Morgan fingerprint density at radius 3 is 2.62 bits per heavy atom. The van der Waals surface area contributed by atoms with E-state index < -0.39 is 0 Å². The Morgan fingerprint density at radius 2 is 2.00 bits per heavy atom. The van der Waals surface area contributed by atoms with Gasteiger partial charge < -0.3 is 9.64 Å². The standard InChI is InChI=1S/C10H11NO2/c12-10-6-7-11(8-13-10)9-4-2-1-3-5-9/h1-5H,6-8H2. The highest BCUT2D eigenvalue weighted by atomic mass is 16.5. The number of hydrogen-bond donors (Lipinski definition) is 0. The van der Waals surface area contributed by atoms with Gasteiger partial charge in [-0.2, -0.15) is 0 Å². The molecule has 0 bridgehead atoms. The molecule has 3 heteroatoms. The molecule has 0 spiro atoms. The van der Waals surface area contributed by atoms with Gasteiger partial charge in [0, 0.05) is 12.2 Å². The van der Waals surface area contributed by atoms with Gasteiger partial charge in [-0.15, -0.1) is 0 Å². The summed E-state index contributed by atoms with van der Waals surface area (Å²) in [5.41, 5.74) is 1.11. The van der Waals surface area contributed by atoms with E-state index in [2.05, 4.69) is 0 Å². The minimum atomic E-state index is -0.104. The normalized spacial score (nSPS) is 16.9. The first-order chi connectivity index (χ1) is 6.36. The summed E-state index contributed by atoms with van der Waals surface area (Å²) >= 11 is 0. The summed E-state index contributed by atoms with van der Waals surface area (Å²) in [6, 6.07) is 9.95. The second-order valence-electron chi connectivity index (χ2n) is 2.99. The van der Waals surface area contributed by atoms with Crippen molar-refractivity contribution in [1.82, 2.24) is 0 Å².